The fourth-order valence-corrected chi connectivity index (χ4v) is 6.97. The van der Waals surface area contributed by atoms with Crippen LogP contribution in [0.5, 0.6) is 5.75 Å². The van der Waals surface area contributed by atoms with Gasteiger partial charge in [-0.05, 0) is 79.6 Å². The van der Waals surface area contributed by atoms with Crippen molar-refractivity contribution in [3.63, 3.8) is 0 Å². The summed E-state index contributed by atoms with van der Waals surface area (Å²) in [6.45, 7) is 7.23. The molecule has 4 aromatic carbocycles. The summed E-state index contributed by atoms with van der Waals surface area (Å²) >= 11 is 0. The number of carboxylic acid groups (broad SMARTS) is 1. The first-order valence-corrected chi connectivity index (χ1v) is 17.3. The summed E-state index contributed by atoms with van der Waals surface area (Å²) < 4.78 is 19.5. The van der Waals surface area contributed by atoms with E-state index in [2.05, 4.69) is 31.2 Å². The maximum Gasteiger partial charge on any atom is 0.335 e. The van der Waals surface area contributed by atoms with Gasteiger partial charge >= 0.3 is 12.0 Å². The predicted molar refractivity (Wildman–Crippen MR) is 188 cm³/mol. The summed E-state index contributed by atoms with van der Waals surface area (Å²) in [4.78, 5) is 31.0. The van der Waals surface area contributed by atoms with Gasteiger partial charge in [-0.1, -0.05) is 98.3 Å². The van der Waals surface area contributed by atoms with E-state index in [0.717, 1.165) is 40.8 Å². The largest absolute Gasteiger partial charge is 0.494 e. The molecule has 2 amide bonds. The lowest BCUT2D eigenvalue weighted by Crippen LogP contribution is -2.51. The molecule has 8 heteroatoms. The quantitative estimate of drug-likeness (QED) is 0.147. The second kappa shape index (κ2) is 15.3. The molecule has 4 atom stereocenters. The van der Waals surface area contributed by atoms with E-state index in [1.807, 2.05) is 90.4 Å². The zero-order valence-corrected chi connectivity index (χ0v) is 28.5. The molecule has 2 saturated heterocycles. The number of unbranched alkanes of at least 4 members (excludes halogenated alkanes) is 1. The lowest BCUT2D eigenvalue weighted by atomic mass is 9.91. The lowest BCUT2D eigenvalue weighted by Gasteiger charge is -2.37. The summed E-state index contributed by atoms with van der Waals surface area (Å²) in [5, 5.41) is 9.77. The van der Waals surface area contributed by atoms with Crippen LogP contribution in [0.15, 0.2) is 109 Å². The Labute approximate surface area is 289 Å². The molecule has 1 N–H and O–H groups in total. The van der Waals surface area contributed by atoms with E-state index < -0.39 is 30.0 Å². The molecule has 0 aliphatic carbocycles. The van der Waals surface area contributed by atoms with Gasteiger partial charge in [-0.25, -0.2) is 9.59 Å². The number of carbonyl (C=O) groups excluding carboxylic acids is 1. The number of urea groups is 1. The Kier molecular flexibility index (Phi) is 10.7. The van der Waals surface area contributed by atoms with Crippen molar-refractivity contribution in [2.75, 3.05) is 6.61 Å². The van der Waals surface area contributed by atoms with Crippen molar-refractivity contribution in [1.29, 1.82) is 0 Å². The first kappa shape index (κ1) is 34.2. The molecule has 256 valence electrons. The number of aromatic carboxylic acids is 1. The molecule has 0 aromatic heterocycles. The number of hydrogen-bond acceptors (Lipinski definition) is 5. The van der Waals surface area contributed by atoms with Crippen LogP contribution in [0.2, 0.25) is 0 Å². The Balaban J connectivity index is 1.44. The summed E-state index contributed by atoms with van der Waals surface area (Å²) in [6.07, 6.45) is 2.29. The van der Waals surface area contributed by atoms with Crippen LogP contribution in [0.4, 0.5) is 4.79 Å². The van der Waals surface area contributed by atoms with Gasteiger partial charge in [0, 0.05) is 13.1 Å². The number of nitrogens with zero attached hydrogens (tertiary/aromatic N) is 2. The number of benzene rings is 4. The van der Waals surface area contributed by atoms with Gasteiger partial charge in [0.25, 0.3) is 0 Å². The molecule has 2 aliphatic heterocycles. The zero-order valence-electron chi connectivity index (χ0n) is 28.5. The van der Waals surface area contributed by atoms with Crippen molar-refractivity contribution in [1.82, 2.24) is 9.80 Å². The van der Waals surface area contributed by atoms with Gasteiger partial charge in [-0.2, -0.15) is 0 Å². The van der Waals surface area contributed by atoms with E-state index in [9.17, 15) is 9.90 Å². The maximum absolute atomic E-state index is 15.2. The molecule has 2 heterocycles. The van der Waals surface area contributed by atoms with Crippen molar-refractivity contribution in [2.45, 2.75) is 89.6 Å². The Hall–Kier alpha value is -4.66. The summed E-state index contributed by atoms with van der Waals surface area (Å²) in [7, 11) is 0. The monoisotopic (exact) mass is 662 g/mol. The predicted octanol–water partition coefficient (Wildman–Crippen LogP) is 7.74. The minimum Gasteiger partial charge on any atom is -0.494 e. The van der Waals surface area contributed by atoms with Crippen LogP contribution >= 0.6 is 0 Å². The average Bonchev–Trinajstić information content (AvgIpc) is 3.41. The minimum atomic E-state index is -1.01. The number of rotatable bonds is 13. The molecule has 0 saturated carbocycles. The number of carbonyl (C=O) groups is 2. The number of ether oxygens (including phenoxy) is 3. The molecule has 0 bridgehead atoms. The minimum absolute atomic E-state index is 0.148. The SMILES string of the molecule is CCCCOc1ccc(CN2C(=O)N(Cc3cccc(C(=O)O)c3)[C@H](Cc3ccccc3)[C@@H]3OC(C)(C)O[C@H]3[C@H]2Cc2ccccc2)cc1. The van der Waals surface area contributed by atoms with Crippen molar-refractivity contribution in [3.05, 3.63) is 137 Å². The van der Waals surface area contributed by atoms with Crippen LogP contribution in [-0.2, 0) is 35.4 Å². The van der Waals surface area contributed by atoms with Crippen LogP contribution in [0.25, 0.3) is 0 Å². The van der Waals surface area contributed by atoms with Gasteiger partial charge in [0.2, 0.25) is 0 Å². The third-order valence-electron chi connectivity index (χ3n) is 9.36. The van der Waals surface area contributed by atoms with Crippen molar-refractivity contribution in [3.8, 4) is 5.75 Å². The molecular formula is C41H46N2O6. The van der Waals surface area contributed by atoms with Gasteiger partial charge in [-0.3, -0.25) is 0 Å². The molecule has 49 heavy (non-hydrogen) atoms. The molecule has 0 radical (unpaired) electrons. The highest BCUT2D eigenvalue weighted by Crippen LogP contribution is 2.40. The molecule has 2 fully saturated rings. The van der Waals surface area contributed by atoms with E-state index in [0.29, 0.717) is 26.0 Å². The number of carboxylic acids is 1. The zero-order chi connectivity index (χ0) is 34.4. The van der Waals surface area contributed by atoms with Crippen molar-refractivity contribution in [2.24, 2.45) is 0 Å². The standard InChI is InChI=1S/C41H46N2O6/c1-4-5-23-47-34-21-19-31(20-22-34)27-42-35(25-29-13-8-6-9-14-29)37-38(49-41(2,3)48-37)36(26-30-15-10-7-11-16-30)43(40(42)46)28-32-17-12-18-33(24-32)39(44)45/h6-22,24,35-38H,4-5,23,25-28H2,1-3H3,(H,44,45)/t35-,36-,37+,38+/m1/s1. The Bertz CT molecular complexity index is 1690. The molecule has 4 aromatic rings. The Morgan fingerprint density at radius 2 is 1.27 bits per heavy atom. The molecule has 6 rings (SSSR count). The van der Waals surface area contributed by atoms with Crippen LogP contribution in [0.3, 0.4) is 0 Å². The van der Waals surface area contributed by atoms with Crippen LogP contribution in [0.1, 0.15) is 66.2 Å². The Morgan fingerprint density at radius 1 is 0.735 bits per heavy atom. The van der Waals surface area contributed by atoms with E-state index in [1.54, 1.807) is 18.2 Å². The second-order valence-electron chi connectivity index (χ2n) is 13.5. The highest BCUT2D eigenvalue weighted by molar-refractivity contribution is 5.87. The molecular weight excluding hydrogens is 616 g/mol. The molecule has 0 spiro atoms. The van der Waals surface area contributed by atoms with Crippen LogP contribution < -0.4 is 4.74 Å². The topological polar surface area (TPSA) is 88.5 Å². The smallest absolute Gasteiger partial charge is 0.335 e. The average molecular weight is 663 g/mol. The van der Waals surface area contributed by atoms with E-state index in [-0.39, 0.29) is 24.2 Å². The summed E-state index contributed by atoms with van der Waals surface area (Å²) in [5.74, 6) is -1.08. The van der Waals surface area contributed by atoms with Gasteiger partial charge < -0.3 is 29.1 Å². The van der Waals surface area contributed by atoms with E-state index in [1.165, 1.54) is 0 Å². The number of amides is 2. The van der Waals surface area contributed by atoms with Gasteiger partial charge in [0.15, 0.2) is 5.79 Å². The summed E-state index contributed by atoms with van der Waals surface area (Å²) in [6, 6.07) is 34.2. The normalized spacial score (nSPS) is 21.7. The first-order chi connectivity index (χ1) is 23.7. The number of hydrogen-bond donors (Lipinski definition) is 1. The van der Waals surface area contributed by atoms with Crippen molar-refractivity contribution < 1.29 is 28.9 Å². The van der Waals surface area contributed by atoms with Crippen molar-refractivity contribution >= 4 is 12.0 Å². The second-order valence-corrected chi connectivity index (χ2v) is 13.5. The fraction of sp³-hybridized carbons (Fsp3) is 0.366. The molecule has 2 aliphatic rings. The highest BCUT2D eigenvalue weighted by Gasteiger charge is 2.55. The number of fused-ring (bicyclic) bond motifs is 1. The third kappa shape index (κ3) is 8.32. The summed E-state index contributed by atoms with van der Waals surface area (Å²) in [5.41, 5.74) is 4.05. The van der Waals surface area contributed by atoms with Crippen LogP contribution in [0, 0.1) is 0 Å². The first-order valence-electron chi connectivity index (χ1n) is 17.3. The van der Waals surface area contributed by atoms with Gasteiger partial charge in [0.05, 0.1) is 24.3 Å². The molecule has 0 unspecified atom stereocenters. The lowest BCUT2D eigenvalue weighted by molar-refractivity contribution is -0.157. The van der Waals surface area contributed by atoms with Gasteiger partial charge in [0.1, 0.15) is 18.0 Å². The highest BCUT2D eigenvalue weighted by atomic mass is 16.8. The van der Waals surface area contributed by atoms with E-state index in [4.69, 9.17) is 14.2 Å². The maximum atomic E-state index is 15.2. The van der Waals surface area contributed by atoms with Gasteiger partial charge in [-0.15, -0.1) is 0 Å². The van der Waals surface area contributed by atoms with Crippen LogP contribution in [-0.4, -0.2) is 63.6 Å². The Morgan fingerprint density at radius 3 is 1.80 bits per heavy atom. The van der Waals surface area contributed by atoms with E-state index >= 15 is 4.79 Å². The third-order valence-corrected chi connectivity index (χ3v) is 9.36. The fourth-order valence-electron chi connectivity index (χ4n) is 6.97. The molecule has 8 nitrogen and oxygen atoms in total.